The molecule has 1 amide bonds. The summed E-state index contributed by atoms with van der Waals surface area (Å²) in [5, 5.41) is 4.85. The standard InChI is InChI=1S/C10H15N3O/c1-7(2)13-10(14)5-8-6-11-4-3-9(8)12-13/h3,5,7,11-12H,4,6H2,1-2H3. The highest BCUT2D eigenvalue weighted by Crippen LogP contribution is 2.16. The first-order valence-corrected chi connectivity index (χ1v) is 4.90. The van der Waals surface area contributed by atoms with E-state index in [9.17, 15) is 4.79 Å². The van der Waals surface area contributed by atoms with Crippen LogP contribution in [-0.4, -0.2) is 30.0 Å². The van der Waals surface area contributed by atoms with Crippen LogP contribution in [0.4, 0.5) is 0 Å². The Morgan fingerprint density at radius 2 is 2.29 bits per heavy atom. The molecule has 0 spiro atoms. The van der Waals surface area contributed by atoms with Gasteiger partial charge in [0.25, 0.3) is 5.91 Å². The van der Waals surface area contributed by atoms with Crippen LogP contribution in [0, 0.1) is 0 Å². The third kappa shape index (κ3) is 1.53. The second-order valence-electron chi connectivity index (χ2n) is 3.83. The number of fused-ring (bicyclic) bond motifs is 1. The van der Waals surface area contributed by atoms with Gasteiger partial charge in [-0.1, -0.05) is 0 Å². The molecule has 0 saturated heterocycles. The Hall–Kier alpha value is -1.29. The van der Waals surface area contributed by atoms with Gasteiger partial charge in [-0.2, -0.15) is 0 Å². The number of amides is 1. The molecule has 0 aromatic heterocycles. The summed E-state index contributed by atoms with van der Waals surface area (Å²) in [7, 11) is 0. The summed E-state index contributed by atoms with van der Waals surface area (Å²) >= 11 is 0. The van der Waals surface area contributed by atoms with Gasteiger partial charge in [0.1, 0.15) is 0 Å². The normalized spacial score (nSPS) is 21.4. The average molecular weight is 193 g/mol. The molecule has 2 rings (SSSR count). The van der Waals surface area contributed by atoms with Gasteiger partial charge in [0.05, 0.1) is 5.70 Å². The third-order valence-electron chi connectivity index (χ3n) is 2.40. The van der Waals surface area contributed by atoms with E-state index in [4.69, 9.17) is 0 Å². The van der Waals surface area contributed by atoms with Crippen LogP contribution in [0.1, 0.15) is 13.8 Å². The summed E-state index contributed by atoms with van der Waals surface area (Å²) in [5.74, 6) is 0.0378. The van der Waals surface area contributed by atoms with Crippen molar-refractivity contribution in [1.82, 2.24) is 15.8 Å². The molecule has 2 heterocycles. The van der Waals surface area contributed by atoms with Crippen LogP contribution in [0.2, 0.25) is 0 Å². The predicted molar refractivity (Wildman–Crippen MR) is 54.2 cm³/mol. The van der Waals surface area contributed by atoms with Gasteiger partial charge < -0.3 is 5.32 Å². The van der Waals surface area contributed by atoms with Crippen LogP contribution in [0.3, 0.4) is 0 Å². The Kier molecular flexibility index (Phi) is 2.29. The van der Waals surface area contributed by atoms with E-state index in [2.05, 4.69) is 16.8 Å². The molecule has 0 radical (unpaired) electrons. The number of rotatable bonds is 1. The van der Waals surface area contributed by atoms with Gasteiger partial charge in [0.2, 0.25) is 0 Å². The van der Waals surface area contributed by atoms with Gasteiger partial charge in [-0.3, -0.25) is 15.2 Å². The topological polar surface area (TPSA) is 44.4 Å². The minimum absolute atomic E-state index is 0.0378. The molecule has 0 saturated carbocycles. The van der Waals surface area contributed by atoms with Gasteiger partial charge in [-0.15, -0.1) is 0 Å². The average Bonchev–Trinajstić information content (AvgIpc) is 2.16. The van der Waals surface area contributed by atoms with Crippen molar-refractivity contribution in [3.8, 4) is 0 Å². The van der Waals surface area contributed by atoms with Gasteiger partial charge in [0.15, 0.2) is 0 Å². The summed E-state index contributed by atoms with van der Waals surface area (Å²) in [5.41, 5.74) is 5.26. The van der Waals surface area contributed by atoms with Crippen LogP contribution >= 0.6 is 0 Å². The summed E-state index contributed by atoms with van der Waals surface area (Å²) in [6, 6.07) is 0.177. The zero-order chi connectivity index (χ0) is 10.1. The number of nitrogens with zero attached hydrogens (tertiary/aromatic N) is 1. The molecule has 0 aromatic rings. The van der Waals surface area contributed by atoms with Crippen LogP contribution < -0.4 is 10.7 Å². The molecule has 14 heavy (non-hydrogen) atoms. The molecule has 2 N–H and O–H groups in total. The van der Waals surface area contributed by atoms with Gasteiger partial charge >= 0.3 is 0 Å². The van der Waals surface area contributed by atoms with Gasteiger partial charge in [-0.25, -0.2) is 0 Å². The highest BCUT2D eigenvalue weighted by Gasteiger charge is 2.24. The monoisotopic (exact) mass is 193 g/mol. The first-order valence-electron chi connectivity index (χ1n) is 4.90. The SMILES string of the molecule is CC(C)N1NC2=CCNCC2=CC1=O. The molecule has 0 atom stereocenters. The Labute approximate surface area is 83.6 Å². The van der Waals surface area contributed by atoms with Crippen molar-refractivity contribution in [1.29, 1.82) is 0 Å². The molecule has 4 heteroatoms. The zero-order valence-electron chi connectivity index (χ0n) is 8.50. The second kappa shape index (κ2) is 3.46. The van der Waals surface area contributed by atoms with Crippen molar-refractivity contribution in [3.05, 3.63) is 23.4 Å². The first kappa shape index (κ1) is 9.27. The summed E-state index contributed by atoms with van der Waals surface area (Å²) < 4.78 is 0. The van der Waals surface area contributed by atoms with Crippen molar-refractivity contribution in [3.63, 3.8) is 0 Å². The van der Waals surface area contributed by atoms with E-state index in [1.54, 1.807) is 11.1 Å². The molecule has 4 nitrogen and oxygen atoms in total. The number of hydrogen-bond acceptors (Lipinski definition) is 3. The van der Waals surface area contributed by atoms with Crippen LogP contribution in [-0.2, 0) is 4.79 Å². The van der Waals surface area contributed by atoms with Crippen molar-refractivity contribution < 1.29 is 4.79 Å². The van der Waals surface area contributed by atoms with Crippen molar-refractivity contribution >= 4 is 5.91 Å². The first-order chi connectivity index (χ1) is 6.68. The Morgan fingerprint density at radius 3 is 3.00 bits per heavy atom. The number of hydrazine groups is 1. The number of carbonyl (C=O) groups excluding carboxylic acids is 1. The lowest BCUT2D eigenvalue weighted by molar-refractivity contribution is -0.131. The Balaban J connectivity index is 2.26. The molecule has 0 unspecified atom stereocenters. The zero-order valence-corrected chi connectivity index (χ0v) is 8.50. The highest BCUT2D eigenvalue weighted by atomic mass is 16.2. The fourth-order valence-corrected chi connectivity index (χ4v) is 1.64. The van der Waals surface area contributed by atoms with Crippen LogP contribution in [0.25, 0.3) is 0 Å². The predicted octanol–water partition coefficient (Wildman–Crippen LogP) is 0.155. The molecule has 0 aliphatic carbocycles. The van der Waals surface area contributed by atoms with Crippen molar-refractivity contribution in [2.45, 2.75) is 19.9 Å². The van der Waals surface area contributed by atoms with E-state index in [1.807, 2.05) is 13.8 Å². The Bertz CT molecular complexity index is 317. The van der Waals surface area contributed by atoms with E-state index in [1.165, 1.54) is 0 Å². The summed E-state index contributed by atoms with van der Waals surface area (Å²) in [6.45, 7) is 5.62. The molecule has 0 fully saturated rings. The fraction of sp³-hybridized carbons (Fsp3) is 0.500. The Morgan fingerprint density at radius 1 is 1.50 bits per heavy atom. The lowest BCUT2D eigenvalue weighted by Gasteiger charge is -2.34. The molecule has 2 aliphatic rings. The third-order valence-corrected chi connectivity index (χ3v) is 2.40. The lowest BCUT2D eigenvalue weighted by Crippen LogP contribution is -2.50. The van der Waals surface area contributed by atoms with E-state index in [0.29, 0.717) is 0 Å². The molecule has 76 valence electrons. The molecule has 0 bridgehead atoms. The maximum atomic E-state index is 11.6. The molecule has 2 aliphatic heterocycles. The van der Waals surface area contributed by atoms with E-state index in [0.717, 1.165) is 24.4 Å². The smallest absolute Gasteiger partial charge is 0.265 e. The van der Waals surface area contributed by atoms with Crippen LogP contribution in [0.15, 0.2) is 23.4 Å². The lowest BCUT2D eigenvalue weighted by atomic mass is 10.1. The molecule has 0 aromatic carbocycles. The van der Waals surface area contributed by atoms with Crippen molar-refractivity contribution in [2.24, 2.45) is 0 Å². The van der Waals surface area contributed by atoms with E-state index < -0.39 is 0 Å². The fourth-order valence-electron chi connectivity index (χ4n) is 1.64. The van der Waals surface area contributed by atoms with Crippen LogP contribution in [0.5, 0.6) is 0 Å². The number of carbonyl (C=O) groups is 1. The number of nitrogens with one attached hydrogen (secondary N) is 2. The van der Waals surface area contributed by atoms with Crippen molar-refractivity contribution in [2.75, 3.05) is 13.1 Å². The summed E-state index contributed by atoms with van der Waals surface area (Å²) in [6.07, 6.45) is 3.77. The quantitative estimate of drug-likeness (QED) is 0.623. The second-order valence-corrected chi connectivity index (χ2v) is 3.83. The highest BCUT2D eigenvalue weighted by molar-refractivity contribution is 5.90. The maximum Gasteiger partial charge on any atom is 0.265 e. The molecular weight excluding hydrogens is 178 g/mol. The minimum Gasteiger partial charge on any atom is -0.309 e. The largest absolute Gasteiger partial charge is 0.309 e. The molecular formula is C10H15N3O. The van der Waals surface area contributed by atoms with E-state index in [-0.39, 0.29) is 11.9 Å². The number of hydrogen-bond donors (Lipinski definition) is 2. The summed E-state index contributed by atoms with van der Waals surface area (Å²) in [4.78, 5) is 11.6. The van der Waals surface area contributed by atoms with Gasteiger partial charge in [0, 0.05) is 25.2 Å². The maximum absolute atomic E-state index is 11.6. The van der Waals surface area contributed by atoms with E-state index >= 15 is 0 Å². The van der Waals surface area contributed by atoms with Gasteiger partial charge in [-0.05, 0) is 25.5 Å². The minimum atomic E-state index is 0.0378.